The SMILES string of the molecule is NC(=S)c1cc2ccccc2nc1Oc1ccc(Cl)cc1. The van der Waals surface area contributed by atoms with E-state index in [2.05, 4.69) is 4.98 Å². The third kappa shape index (κ3) is 2.96. The Morgan fingerprint density at radius 2 is 1.81 bits per heavy atom. The molecule has 0 fully saturated rings. The second-order valence-corrected chi connectivity index (χ2v) is 5.33. The van der Waals surface area contributed by atoms with Crippen molar-refractivity contribution >= 4 is 39.7 Å². The first-order chi connectivity index (χ1) is 10.1. The van der Waals surface area contributed by atoms with E-state index in [9.17, 15) is 0 Å². The zero-order valence-electron chi connectivity index (χ0n) is 10.9. The van der Waals surface area contributed by atoms with E-state index in [1.54, 1.807) is 24.3 Å². The van der Waals surface area contributed by atoms with Crippen LogP contribution in [-0.2, 0) is 0 Å². The van der Waals surface area contributed by atoms with Gasteiger partial charge in [-0.05, 0) is 36.4 Å². The van der Waals surface area contributed by atoms with Crippen molar-refractivity contribution in [2.24, 2.45) is 5.73 Å². The van der Waals surface area contributed by atoms with Crippen molar-refractivity contribution in [3.63, 3.8) is 0 Å². The molecule has 0 aliphatic carbocycles. The highest BCUT2D eigenvalue weighted by atomic mass is 35.5. The van der Waals surface area contributed by atoms with Gasteiger partial charge in [0.2, 0.25) is 5.88 Å². The van der Waals surface area contributed by atoms with Crippen LogP contribution in [-0.4, -0.2) is 9.97 Å². The van der Waals surface area contributed by atoms with E-state index in [0.29, 0.717) is 22.2 Å². The van der Waals surface area contributed by atoms with Gasteiger partial charge in [0.05, 0.1) is 11.1 Å². The maximum Gasteiger partial charge on any atom is 0.230 e. The van der Waals surface area contributed by atoms with E-state index in [4.69, 9.17) is 34.3 Å². The molecule has 0 radical (unpaired) electrons. The predicted molar refractivity (Wildman–Crippen MR) is 89.2 cm³/mol. The van der Waals surface area contributed by atoms with Crippen LogP contribution >= 0.6 is 23.8 Å². The van der Waals surface area contributed by atoms with Crippen molar-refractivity contribution in [3.05, 3.63) is 65.2 Å². The number of ether oxygens (including phenoxy) is 1. The summed E-state index contributed by atoms with van der Waals surface area (Å²) in [6.07, 6.45) is 0. The first-order valence-electron chi connectivity index (χ1n) is 6.26. The molecule has 2 N–H and O–H groups in total. The van der Waals surface area contributed by atoms with Gasteiger partial charge in [-0.1, -0.05) is 42.0 Å². The Labute approximate surface area is 132 Å². The Kier molecular flexibility index (Phi) is 3.73. The Bertz CT molecular complexity index is 818. The van der Waals surface area contributed by atoms with Crippen LogP contribution in [0.5, 0.6) is 11.6 Å². The lowest BCUT2D eigenvalue weighted by Gasteiger charge is -2.10. The number of thiocarbonyl (C=S) groups is 1. The highest BCUT2D eigenvalue weighted by molar-refractivity contribution is 7.80. The van der Waals surface area contributed by atoms with Crippen molar-refractivity contribution in [2.45, 2.75) is 0 Å². The minimum absolute atomic E-state index is 0.247. The van der Waals surface area contributed by atoms with Gasteiger partial charge in [0.25, 0.3) is 0 Å². The summed E-state index contributed by atoms with van der Waals surface area (Å²) in [5, 5.41) is 1.60. The normalized spacial score (nSPS) is 10.5. The molecule has 104 valence electrons. The Balaban J connectivity index is 2.09. The van der Waals surface area contributed by atoms with Gasteiger partial charge in [0.15, 0.2) is 0 Å². The van der Waals surface area contributed by atoms with E-state index in [1.807, 2.05) is 30.3 Å². The highest BCUT2D eigenvalue weighted by Crippen LogP contribution is 2.27. The van der Waals surface area contributed by atoms with Gasteiger partial charge >= 0.3 is 0 Å². The maximum atomic E-state index is 5.86. The van der Waals surface area contributed by atoms with E-state index in [0.717, 1.165) is 10.9 Å². The molecular weight excluding hydrogens is 304 g/mol. The topological polar surface area (TPSA) is 48.1 Å². The van der Waals surface area contributed by atoms with Gasteiger partial charge in [0.1, 0.15) is 10.7 Å². The molecule has 1 aromatic heterocycles. The van der Waals surface area contributed by atoms with Crippen LogP contribution in [0.25, 0.3) is 10.9 Å². The summed E-state index contributed by atoms with van der Waals surface area (Å²) in [5.41, 5.74) is 7.20. The number of pyridine rings is 1. The second-order valence-electron chi connectivity index (χ2n) is 4.45. The van der Waals surface area contributed by atoms with Crippen molar-refractivity contribution in [2.75, 3.05) is 0 Å². The molecule has 0 aliphatic rings. The van der Waals surface area contributed by atoms with Gasteiger partial charge < -0.3 is 10.5 Å². The number of nitrogens with zero attached hydrogens (tertiary/aromatic N) is 1. The fourth-order valence-corrected chi connectivity index (χ4v) is 2.24. The summed E-state index contributed by atoms with van der Waals surface area (Å²) in [6.45, 7) is 0. The zero-order valence-corrected chi connectivity index (χ0v) is 12.5. The molecule has 0 saturated carbocycles. The van der Waals surface area contributed by atoms with Gasteiger partial charge in [-0.25, -0.2) is 4.98 Å². The van der Waals surface area contributed by atoms with Crippen LogP contribution in [0.15, 0.2) is 54.6 Å². The number of hydrogen-bond acceptors (Lipinski definition) is 3. The first kappa shape index (κ1) is 13.8. The smallest absolute Gasteiger partial charge is 0.230 e. The minimum atomic E-state index is 0.247. The van der Waals surface area contributed by atoms with Crippen LogP contribution in [0.1, 0.15) is 5.56 Å². The number of rotatable bonds is 3. The lowest BCUT2D eigenvalue weighted by molar-refractivity contribution is 0.464. The molecule has 0 amide bonds. The largest absolute Gasteiger partial charge is 0.438 e. The van der Waals surface area contributed by atoms with E-state index in [-0.39, 0.29) is 4.99 Å². The standard InChI is InChI=1S/C16H11ClN2OS/c17-11-5-7-12(8-6-11)20-16-13(15(18)21)9-10-3-1-2-4-14(10)19-16/h1-9H,(H2,18,21). The molecule has 0 bridgehead atoms. The van der Waals surface area contributed by atoms with Crippen LogP contribution in [0.3, 0.4) is 0 Å². The number of halogens is 1. The molecule has 0 aliphatic heterocycles. The molecule has 0 atom stereocenters. The average Bonchev–Trinajstić information content (AvgIpc) is 2.48. The second kappa shape index (κ2) is 5.68. The number of nitrogens with two attached hydrogens (primary N) is 1. The van der Waals surface area contributed by atoms with E-state index in [1.165, 1.54) is 0 Å². The van der Waals surface area contributed by atoms with E-state index >= 15 is 0 Å². The third-order valence-electron chi connectivity index (χ3n) is 2.98. The quantitative estimate of drug-likeness (QED) is 0.732. The summed E-state index contributed by atoms with van der Waals surface area (Å²) in [7, 11) is 0. The van der Waals surface area contributed by atoms with Gasteiger partial charge in [0, 0.05) is 10.4 Å². The molecule has 0 unspecified atom stereocenters. The lowest BCUT2D eigenvalue weighted by Crippen LogP contribution is -2.11. The highest BCUT2D eigenvalue weighted by Gasteiger charge is 2.11. The van der Waals surface area contributed by atoms with Crippen molar-refractivity contribution in [3.8, 4) is 11.6 Å². The Morgan fingerprint density at radius 3 is 2.52 bits per heavy atom. The summed E-state index contributed by atoms with van der Waals surface area (Å²) in [5.74, 6) is 1.02. The number of benzene rings is 2. The fourth-order valence-electron chi connectivity index (χ4n) is 1.97. The van der Waals surface area contributed by atoms with Gasteiger partial charge in [-0.3, -0.25) is 0 Å². The molecule has 2 aromatic carbocycles. The van der Waals surface area contributed by atoms with Crippen molar-refractivity contribution in [1.29, 1.82) is 0 Å². The summed E-state index contributed by atoms with van der Waals surface area (Å²) in [6, 6.07) is 16.6. The molecular formula is C16H11ClN2OS. The molecule has 0 spiro atoms. The maximum absolute atomic E-state index is 5.86. The predicted octanol–water partition coefficient (Wildman–Crippen LogP) is 4.31. The van der Waals surface area contributed by atoms with Gasteiger partial charge in [-0.15, -0.1) is 0 Å². The molecule has 3 rings (SSSR count). The van der Waals surface area contributed by atoms with Crippen LogP contribution < -0.4 is 10.5 Å². The molecule has 0 saturated heterocycles. The number of aromatic nitrogens is 1. The third-order valence-corrected chi connectivity index (χ3v) is 3.45. The summed E-state index contributed by atoms with van der Waals surface area (Å²) >= 11 is 10.9. The monoisotopic (exact) mass is 314 g/mol. The van der Waals surface area contributed by atoms with Crippen LogP contribution in [0, 0.1) is 0 Å². The van der Waals surface area contributed by atoms with Crippen LogP contribution in [0.4, 0.5) is 0 Å². The summed E-state index contributed by atoms with van der Waals surface area (Å²) < 4.78 is 5.80. The number of hydrogen-bond donors (Lipinski definition) is 1. The molecule has 3 nitrogen and oxygen atoms in total. The first-order valence-corrected chi connectivity index (χ1v) is 7.05. The van der Waals surface area contributed by atoms with E-state index < -0.39 is 0 Å². The fraction of sp³-hybridized carbons (Fsp3) is 0. The van der Waals surface area contributed by atoms with Crippen molar-refractivity contribution in [1.82, 2.24) is 4.98 Å². The van der Waals surface area contributed by atoms with Crippen molar-refractivity contribution < 1.29 is 4.74 Å². The summed E-state index contributed by atoms with van der Waals surface area (Å²) in [4.78, 5) is 4.74. The molecule has 21 heavy (non-hydrogen) atoms. The Hall–Kier alpha value is -2.17. The minimum Gasteiger partial charge on any atom is -0.438 e. The zero-order chi connectivity index (χ0) is 14.8. The lowest BCUT2D eigenvalue weighted by atomic mass is 10.1. The molecule has 3 aromatic rings. The number of fused-ring (bicyclic) bond motifs is 1. The Morgan fingerprint density at radius 1 is 1.10 bits per heavy atom. The average molecular weight is 315 g/mol. The van der Waals surface area contributed by atoms with Gasteiger partial charge in [-0.2, -0.15) is 0 Å². The molecule has 5 heteroatoms. The van der Waals surface area contributed by atoms with Crippen LogP contribution in [0.2, 0.25) is 5.02 Å². The number of para-hydroxylation sites is 1. The molecule has 1 heterocycles.